The lowest BCUT2D eigenvalue weighted by Gasteiger charge is -2.00. The van der Waals surface area contributed by atoms with E-state index in [4.69, 9.17) is 0 Å². The van der Waals surface area contributed by atoms with Gasteiger partial charge < -0.3 is 0 Å². The standard InChI is InChI=1S/C9H11F3N2/c1-7(2)3-5-14-6-4-8(13-14)9(10,11)12/h3-4,6H,5H2,1-2H3. The molecule has 0 fully saturated rings. The molecule has 1 aromatic rings. The Hall–Kier alpha value is -1.26. The third kappa shape index (κ3) is 2.90. The number of hydrogen-bond donors (Lipinski definition) is 0. The maximum Gasteiger partial charge on any atom is 0.435 e. The first-order valence-corrected chi connectivity index (χ1v) is 4.13. The molecule has 1 rings (SSSR count). The quantitative estimate of drug-likeness (QED) is 0.677. The molecule has 0 aromatic carbocycles. The van der Waals surface area contributed by atoms with Crippen LogP contribution >= 0.6 is 0 Å². The van der Waals surface area contributed by atoms with Crippen LogP contribution in [-0.4, -0.2) is 9.78 Å². The highest BCUT2D eigenvalue weighted by molar-refractivity contribution is 5.04. The smallest absolute Gasteiger partial charge is 0.268 e. The Balaban J connectivity index is 2.74. The van der Waals surface area contributed by atoms with Crippen LogP contribution in [0, 0.1) is 0 Å². The number of hydrogen-bond acceptors (Lipinski definition) is 1. The molecule has 0 radical (unpaired) electrons. The van der Waals surface area contributed by atoms with E-state index in [2.05, 4.69) is 5.10 Å². The highest BCUT2D eigenvalue weighted by Crippen LogP contribution is 2.27. The third-order valence-electron chi connectivity index (χ3n) is 1.62. The Morgan fingerprint density at radius 1 is 1.50 bits per heavy atom. The Morgan fingerprint density at radius 3 is 2.57 bits per heavy atom. The van der Waals surface area contributed by atoms with Crippen LogP contribution < -0.4 is 0 Å². The van der Waals surface area contributed by atoms with Gasteiger partial charge in [-0.15, -0.1) is 0 Å². The second kappa shape index (κ2) is 3.86. The lowest BCUT2D eigenvalue weighted by atomic mass is 10.3. The fourth-order valence-electron chi connectivity index (χ4n) is 0.891. The van der Waals surface area contributed by atoms with Gasteiger partial charge in [-0.3, -0.25) is 4.68 Å². The number of nitrogens with zero attached hydrogens (tertiary/aromatic N) is 2. The van der Waals surface area contributed by atoms with Crippen molar-refractivity contribution in [3.05, 3.63) is 29.6 Å². The van der Waals surface area contributed by atoms with Gasteiger partial charge in [0.25, 0.3) is 0 Å². The lowest BCUT2D eigenvalue weighted by molar-refractivity contribution is -0.141. The molecule has 0 amide bonds. The van der Waals surface area contributed by atoms with Gasteiger partial charge in [-0.25, -0.2) is 0 Å². The molecule has 0 spiro atoms. The summed E-state index contributed by atoms with van der Waals surface area (Å²) in [6, 6.07) is 0.971. The van der Waals surface area contributed by atoms with E-state index >= 15 is 0 Å². The van der Waals surface area contributed by atoms with Crippen LogP contribution in [-0.2, 0) is 12.7 Å². The van der Waals surface area contributed by atoms with Gasteiger partial charge in [0, 0.05) is 6.20 Å². The SMILES string of the molecule is CC(C)=CCn1ccc(C(F)(F)F)n1. The Labute approximate surface area is 80.0 Å². The minimum atomic E-state index is -4.35. The van der Waals surface area contributed by atoms with Gasteiger partial charge >= 0.3 is 6.18 Å². The fraction of sp³-hybridized carbons (Fsp3) is 0.444. The predicted molar refractivity (Wildman–Crippen MR) is 46.7 cm³/mol. The highest BCUT2D eigenvalue weighted by atomic mass is 19.4. The van der Waals surface area contributed by atoms with Crippen molar-refractivity contribution >= 4 is 0 Å². The van der Waals surface area contributed by atoms with Crippen molar-refractivity contribution in [2.75, 3.05) is 0 Å². The summed E-state index contributed by atoms with van der Waals surface area (Å²) in [6.07, 6.45) is -1.22. The summed E-state index contributed by atoms with van der Waals surface area (Å²) >= 11 is 0. The van der Waals surface area contributed by atoms with Crippen LogP contribution in [0.1, 0.15) is 19.5 Å². The van der Waals surface area contributed by atoms with Crippen molar-refractivity contribution in [2.24, 2.45) is 0 Å². The van der Waals surface area contributed by atoms with Crippen LogP contribution in [0.2, 0.25) is 0 Å². The van der Waals surface area contributed by atoms with E-state index < -0.39 is 11.9 Å². The molecular weight excluding hydrogens is 193 g/mol. The molecule has 0 N–H and O–H groups in total. The fourth-order valence-corrected chi connectivity index (χ4v) is 0.891. The van der Waals surface area contributed by atoms with E-state index in [1.807, 2.05) is 19.9 Å². The first kappa shape index (κ1) is 10.8. The number of aromatic nitrogens is 2. The van der Waals surface area contributed by atoms with Crippen molar-refractivity contribution in [1.82, 2.24) is 9.78 Å². The molecule has 0 atom stereocenters. The van der Waals surface area contributed by atoms with Crippen LogP contribution in [0.3, 0.4) is 0 Å². The average molecular weight is 204 g/mol. The van der Waals surface area contributed by atoms with Gasteiger partial charge in [0.2, 0.25) is 0 Å². The maximum absolute atomic E-state index is 12.1. The maximum atomic E-state index is 12.1. The number of allylic oxidation sites excluding steroid dienone is 2. The second-order valence-electron chi connectivity index (χ2n) is 3.20. The summed E-state index contributed by atoms with van der Waals surface area (Å²) in [5, 5.41) is 3.40. The van der Waals surface area contributed by atoms with Crippen molar-refractivity contribution in [3.63, 3.8) is 0 Å². The van der Waals surface area contributed by atoms with E-state index in [0.29, 0.717) is 6.54 Å². The normalized spacial score (nSPS) is 11.5. The highest BCUT2D eigenvalue weighted by Gasteiger charge is 2.33. The van der Waals surface area contributed by atoms with Crippen molar-refractivity contribution in [3.8, 4) is 0 Å². The van der Waals surface area contributed by atoms with Crippen LogP contribution in [0.25, 0.3) is 0 Å². The first-order chi connectivity index (χ1) is 6.39. The topological polar surface area (TPSA) is 17.8 Å². The summed E-state index contributed by atoms with van der Waals surface area (Å²) in [5.41, 5.74) is 0.203. The number of rotatable bonds is 2. The minimum Gasteiger partial charge on any atom is -0.268 e. The average Bonchev–Trinajstić information content (AvgIpc) is 2.47. The monoisotopic (exact) mass is 204 g/mol. The third-order valence-corrected chi connectivity index (χ3v) is 1.62. The molecule has 0 aliphatic carbocycles. The summed E-state index contributed by atoms with van der Waals surface area (Å²) in [5.74, 6) is 0. The molecule has 2 nitrogen and oxygen atoms in total. The Morgan fingerprint density at radius 2 is 2.14 bits per heavy atom. The van der Waals surface area contributed by atoms with Crippen molar-refractivity contribution < 1.29 is 13.2 Å². The van der Waals surface area contributed by atoms with Gasteiger partial charge in [-0.1, -0.05) is 11.6 Å². The molecule has 0 saturated carbocycles. The van der Waals surface area contributed by atoms with Gasteiger partial charge in [0.1, 0.15) is 0 Å². The summed E-state index contributed by atoms with van der Waals surface area (Å²) in [7, 11) is 0. The molecule has 0 bridgehead atoms. The molecule has 78 valence electrons. The minimum absolute atomic E-state index is 0.373. The Bertz CT molecular complexity index is 332. The van der Waals surface area contributed by atoms with E-state index in [-0.39, 0.29) is 0 Å². The van der Waals surface area contributed by atoms with Gasteiger partial charge in [0.15, 0.2) is 5.69 Å². The molecule has 0 saturated heterocycles. The largest absolute Gasteiger partial charge is 0.435 e. The first-order valence-electron chi connectivity index (χ1n) is 4.13. The van der Waals surface area contributed by atoms with E-state index in [0.717, 1.165) is 11.6 Å². The summed E-state index contributed by atoms with van der Waals surface area (Å²) in [6.45, 7) is 4.14. The van der Waals surface area contributed by atoms with E-state index in [1.165, 1.54) is 10.9 Å². The molecule has 0 aliphatic heterocycles. The van der Waals surface area contributed by atoms with Crippen LogP contribution in [0.4, 0.5) is 13.2 Å². The van der Waals surface area contributed by atoms with E-state index in [9.17, 15) is 13.2 Å². The molecule has 14 heavy (non-hydrogen) atoms. The second-order valence-corrected chi connectivity index (χ2v) is 3.20. The van der Waals surface area contributed by atoms with E-state index in [1.54, 1.807) is 0 Å². The zero-order chi connectivity index (χ0) is 10.8. The predicted octanol–water partition coefficient (Wildman–Crippen LogP) is 2.87. The lowest BCUT2D eigenvalue weighted by Crippen LogP contribution is -2.07. The molecule has 0 aliphatic rings. The molecule has 5 heteroatoms. The number of alkyl halides is 3. The molecular formula is C9H11F3N2. The van der Waals surface area contributed by atoms with Crippen molar-refractivity contribution in [2.45, 2.75) is 26.6 Å². The van der Waals surface area contributed by atoms with Crippen molar-refractivity contribution in [1.29, 1.82) is 0 Å². The van der Waals surface area contributed by atoms with Gasteiger partial charge in [0.05, 0.1) is 6.54 Å². The summed E-state index contributed by atoms with van der Waals surface area (Å²) < 4.78 is 37.6. The van der Waals surface area contributed by atoms with Gasteiger partial charge in [-0.05, 0) is 19.9 Å². The molecule has 1 aromatic heterocycles. The molecule has 0 unspecified atom stereocenters. The zero-order valence-electron chi connectivity index (χ0n) is 7.97. The van der Waals surface area contributed by atoms with Crippen LogP contribution in [0.5, 0.6) is 0 Å². The van der Waals surface area contributed by atoms with Crippen LogP contribution in [0.15, 0.2) is 23.9 Å². The number of halogens is 3. The molecule has 1 heterocycles. The Kier molecular flexibility index (Phi) is 2.98. The van der Waals surface area contributed by atoms with Gasteiger partial charge in [-0.2, -0.15) is 18.3 Å². The zero-order valence-corrected chi connectivity index (χ0v) is 7.97. The summed E-state index contributed by atoms with van der Waals surface area (Å²) in [4.78, 5) is 0.